The summed E-state index contributed by atoms with van der Waals surface area (Å²) in [6.45, 7) is 4.38. The zero-order chi connectivity index (χ0) is 19.3. The molecule has 7 heteroatoms. The van der Waals surface area contributed by atoms with E-state index in [4.69, 9.17) is 0 Å². The Hall–Kier alpha value is -0.660. The molecule has 0 bridgehead atoms. The summed E-state index contributed by atoms with van der Waals surface area (Å²) in [5.74, 6) is 0.715. The monoisotopic (exact) mass is 399 g/mol. The third-order valence-corrected chi connectivity index (χ3v) is 8.71. The van der Waals surface area contributed by atoms with Gasteiger partial charge in [0.2, 0.25) is 5.91 Å². The van der Waals surface area contributed by atoms with Crippen LogP contribution in [0.2, 0.25) is 0 Å². The molecule has 156 valence electrons. The van der Waals surface area contributed by atoms with Gasteiger partial charge in [-0.15, -0.1) is 0 Å². The third-order valence-electron chi connectivity index (χ3n) is 6.67. The van der Waals surface area contributed by atoms with E-state index in [1.165, 1.54) is 32.1 Å². The number of amides is 1. The molecule has 1 amide bonds. The molecule has 1 saturated carbocycles. The zero-order valence-corrected chi connectivity index (χ0v) is 17.7. The van der Waals surface area contributed by atoms with Gasteiger partial charge in [0.05, 0.1) is 0 Å². The second kappa shape index (κ2) is 9.70. The van der Waals surface area contributed by atoms with Crippen molar-refractivity contribution in [3.63, 3.8) is 0 Å². The molecule has 0 aromatic rings. The number of carbonyl (C=O) groups is 1. The second-order valence-electron chi connectivity index (χ2n) is 8.81. The Morgan fingerprint density at radius 3 is 1.81 bits per heavy atom. The largest absolute Gasteiger partial charge is 0.353 e. The number of hydrogen-bond acceptors (Lipinski definition) is 3. The van der Waals surface area contributed by atoms with Gasteiger partial charge in [-0.1, -0.05) is 39.0 Å². The average molecular weight is 400 g/mol. The van der Waals surface area contributed by atoms with E-state index in [-0.39, 0.29) is 11.8 Å². The van der Waals surface area contributed by atoms with E-state index in [1.807, 2.05) is 0 Å². The van der Waals surface area contributed by atoms with Gasteiger partial charge in [-0.3, -0.25) is 4.79 Å². The minimum atomic E-state index is -3.36. The molecule has 0 radical (unpaired) electrons. The molecule has 0 aromatic heterocycles. The van der Waals surface area contributed by atoms with Crippen LogP contribution in [0.3, 0.4) is 0 Å². The fourth-order valence-electron chi connectivity index (χ4n) is 4.65. The number of nitrogens with zero attached hydrogens (tertiary/aromatic N) is 2. The van der Waals surface area contributed by atoms with Gasteiger partial charge in [0.25, 0.3) is 10.2 Å². The molecule has 3 rings (SSSR count). The van der Waals surface area contributed by atoms with Crippen molar-refractivity contribution in [2.24, 2.45) is 11.8 Å². The first-order valence-corrected chi connectivity index (χ1v) is 12.4. The Morgan fingerprint density at radius 1 is 0.778 bits per heavy atom. The predicted molar refractivity (Wildman–Crippen MR) is 107 cm³/mol. The molecule has 2 saturated heterocycles. The Kier molecular flexibility index (Phi) is 7.57. The first kappa shape index (κ1) is 21.1. The van der Waals surface area contributed by atoms with Gasteiger partial charge in [0.15, 0.2) is 0 Å². The number of carbonyl (C=O) groups excluding carboxylic acids is 1. The Bertz CT molecular complexity index is 571. The maximum absolute atomic E-state index is 12.9. The van der Waals surface area contributed by atoms with Crippen LogP contribution in [0.25, 0.3) is 0 Å². The second-order valence-corrected chi connectivity index (χ2v) is 10.7. The van der Waals surface area contributed by atoms with Crippen molar-refractivity contribution in [2.45, 2.75) is 83.6 Å². The molecule has 1 aliphatic carbocycles. The first-order chi connectivity index (χ1) is 13.0. The Balaban J connectivity index is 1.47. The lowest BCUT2D eigenvalue weighted by Gasteiger charge is -2.37. The summed E-state index contributed by atoms with van der Waals surface area (Å²) < 4.78 is 29.0. The van der Waals surface area contributed by atoms with Gasteiger partial charge in [-0.05, 0) is 44.4 Å². The normalized spacial score (nSPS) is 26.4. The molecule has 0 spiro atoms. The average Bonchev–Trinajstić information content (AvgIpc) is 2.64. The van der Waals surface area contributed by atoms with Crippen LogP contribution in [0.1, 0.15) is 77.6 Å². The van der Waals surface area contributed by atoms with Crippen molar-refractivity contribution >= 4 is 16.1 Å². The highest BCUT2D eigenvalue weighted by atomic mass is 32.2. The summed E-state index contributed by atoms with van der Waals surface area (Å²) in [5, 5.41) is 3.26. The van der Waals surface area contributed by atoms with Crippen LogP contribution in [-0.2, 0) is 15.0 Å². The summed E-state index contributed by atoms with van der Waals surface area (Å²) >= 11 is 0. The highest BCUT2D eigenvalue weighted by Crippen LogP contribution is 2.26. The molecule has 2 heterocycles. The number of piperidine rings is 2. The van der Waals surface area contributed by atoms with Crippen LogP contribution in [0, 0.1) is 11.8 Å². The summed E-state index contributed by atoms with van der Waals surface area (Å²) in [5.41, 5.74) is 0. The van der Waals surface area contributed by atoms with Gasteiger partial charge in [-0.25, -0.2) is 0 Å². The van der Waals surface area contributed by atoms with Gasteiger partial charge < -0.3 is 5.32 Å². The minimum Gasteiger partial charge on any atom is -0.353 e. The molecule has 2 aliphatic heterocycles. The molecule has 1 N–H and O–H groups in total. The number of hydrogen-bond donors (Lipinski definition) is 1. The Morgan fingerprint density at radius 2 is 1.26 bits per heavy atom. The molecule has 0 unspecified atom stereocenters. The van der Waals surface area contributed by atoms with Gasteiger partial charge in [-0.2, -0.15) is 17.0 Å². The van der Waals surface area contributed by atoms with E-state index in [2.05, 4.69) is 12.2 Å². The predicted octanol–water partition coefficient (Wildman–Crippen LogP) is 2.90. The lowest BCUT2D eigenvalue weighted by atomic mass is 9.94. The smallest absolute Gasteiger partial charge is 0.281 e. The van der Waals surface area contributed by atoms with Crippen molar-refractivity contribution in [2.75, 3.05) is 26.2 Å². The fourth-order valence-corrected chi connectivity index (χ4v) is 6.32. The van der Waals surface area contributed by atoms with Crippen LogP contribution in [-0.4, -0.2) is 55.2 Å². The third kappa shape index (κ3) is 5.67. The SMILES string of the molecule is CC1CCN(S(=O)(=O)N2CCC(C(=O)NC3CCCCCCC3)CC2)CC1. The maximum atomic E-state index is 12.9. The minimum absolute atomic E-state index is 0.0386. The highest BCUT2D eigenvalue weighted by Gasteiger charge is 2.36. The van der Waals surface area contributed by atoms with E-state index in [0.29, 0.717) is 51.0 Å². The first-order valence-electron chi connectivity index (χ1n) is 11.0. The topological polar surface area (TPSA) is 69.7 Å². The van der Waals surface area contributed by atoms with Crippen LogP contribution < -0.4 is 5.32 Å². The molecule has 27 heavy (non-hydrogen) atoms. The van der Waals surface area contributed by atoms with E-state index in [1.54, 1.807) is 8.61 Å². The van der Waals surface area contributed by atoms with Crippen LogP contribution in [0.15, 0.2) is 0 Å². The summed E-state index contributed by atoms with van der Waals surface area (Å²) in [7, 11) is -3.36. The van der Waals surface area contributed by atoms with Crippen molar-refractivity contribution in [1.29, 1.82) is 0 Å². The molecule has 3 fully saturated rings. The quantitative estimate of drug-likeness (QED) is 0.790. The number of rotatable bonds is 4. The highest BCUT2D eigenvalue weighted by molar-refractivity contribution is 7.86. The van der Waals surface area contributed by atoms with E-state index in [0.717, 1.165) is 25.7 Å². The molecule has 6 nitrogen and oxygen atoms in total. The Labute approximate surface area is 165 Å². The molecular formula is C20H37N3O3S. The molecule has 0 aromatic carbocycles. The van der Waals surface area contributed by atoms with Crippen molar-refractivity contribution in [3.8, 4) is 0 Å². The van der Waals surface area contributed by atoms with Gasteiger partial charge in [0, 0.05) is 38.1 Å². The molecule has 0 atom stereocenters. The van der Waals surface area contributed by atoms with Gasteiger partial charge in [0.1, 0.15) is 0 Å². The number of nitrogens with one attached hydrogen (secondary N) is 1. The molecular weight excluding hydrogens is 362 g/mol. The standard InChI is InChI=1S/C20H37N3O3S/c1-17-9-13-22(14-10-17)27(25,26)23-15-11-18(12-16-23)20(24)21-19-7-5-3-2-4-6-8-19/h17-19H,2-16H2,1H3,(H,21,24). The van der Waals surface area contributed by atoms with E-state index in [9.17, 15) is 13.2 Å². The van der Waals surface area contributed by atoms with Crippen LogP contribution >= 0.6 is 0 Å². The summed E-state index contributed by atoms with van der Waals surface area (Å²) in [6, 6.07) is 0.315. The summed E-state index contributed by atoms with van der Waals surface area (Å²) in [4.78, 5) is 12.7. The van der Waals surface area contributed by atoms with Gasteiger partial charge >= 0.3 is 0 Å². The maximum Gasteiger partial charge on any atom is 0.281 e. The summed E-state index contributed by atoms with van der Waals surface area (Å²) in [6.07, 6.45) is 11.6. The molecule has 3 aliphatic rings. The lowest BCUT2D eigenvalue weighted by Crippen LogP contribution is -2.51. The van der Waals surface area contributed by atoms with Crippen molar-refractivity contribution < 1.29 is 13.2 Å². The van der Waals surface area contributed by atoms with Crippen molar-refractivity contribution in [3.05, 3.63) is 0 Å². The van der Waals surface area contributed by atoms with E-state index >= 15 is 0 Å². The lowest BCUT2D eigenvalue weighted by molar-refractivity contribution is -0.127. The van der Waals surface area contributed by atoms with Crippen LogP contribution in [0.5, 0.6) is 0 Å². The van der Waals surface area contributed by atoms with Crippen molar-refractivity contribution in [1.82, 2.24) is 13.9 Å². The van der Waals surface area contributed by atoms with Crippen LogP contribution in [0.4, 0.5) is 0 Å². The fraction of sp³-hybridized carbons (Fsp3) is 0.950. The zero-order valence-electron chi connectivity index (χ0n) is 16.9. The van der Waals surface area contributed by atoms with E-state index < -0.39 is 10.2 Å².